The summed E-state index contributed by atoms with van der Waals surface area (Å²) in [6, 6.07) is 8.35. The standard InChI is InChI=1S/C17H27N3/c1-4-14(5-2)13-18-12-8-11-17-19-15-9-6-7-10-16(15)20(17)3/h6-7,9-10,14,18H,4-5,8,11-13H2,1-3H3. The van der Waals surface area contributed by atoms with E-state index in [4.69, 9.17) is 4.98 Å². The number of aromatic nitrogens is 2. The fraction of sp³-hybridized carbons (Fsp3) is 0.588. The van der Waals surface area contributed by atoms with E-state index in [-0.39, 0.29) is 0 Å². The van der Waals surface area contributed by atoms with E-state index in [1.54, 1.807) is 0 Å². The Morgan fingerprint density at radius 2 is 1.95 bits per heavy atom. The molecule has 1 aromatic carbocycles. The van der Waals surface area contributed by atoms with E-state index in [2.05, 4.69) is 55.0 Å². The van der Waals surface area contributed by atoms with Crippen LogP contribution in [0.2, 0.25) is 0 Å². The van der Waals surface area contributed by atoms with Gasteiger partial charge >= 0.3 is 0 Å². The molecular formula is C17H27N3. The molecule has 1 heterocycles. The smallest absolute Gasteiger partial charge is 0.109 e. The molecule has 0 fully saturated rings. The van der Waals surface area contributed by atoms with Crippen LogP contribution in [0.25, 0.3) is 11.0 Å². The topological polar surface area (TPSA) is 29.9 Å². The molecule has 1 N–H and O–H groups in total. The molecule has 0 bridgehead atoms. The summed E-state index contributed by atoms with van der Waals surface area (Å²) in [7, 11) is 2.11. The molecule has 0 amide bonds. The van der Waals surface area contributed by atoms with Crippen LogP contribution in [0.15, 0.2) is 24.3 Å². The first-order valence-electron chi connectivity index (χ1n) is 7.87. The molecule has 0 spiro atoms. The molecule has 110 valence electrons. The highest BCUT2D eigenvalue weighted by Crippen LogP contribution is 2.15. The van der Waals surface area contributed by atoms with Crippen molar-refractivity contribution >= 4 is 11.0 Å². The van der Waals surface area contributed by atoms with E-state index in [9.17, 15) is 0 Å². The Morgan fingerprint density at radius 3 is 2.65 bits per heavy atom. The Morgan fingerprint density at radius 1 is 1.20 bits per heavy atom. The van der Waals surface area contributed by atoms with Crippen LogP contribution >= 0.6 is 0 Å². The number of fused-ring (bicyclic) bond motifs is 1. The zero-order chi connectivity index (χ0) is 14.4. The molecule has 0 aliphatic rings. The third-order valence-electron chi connectivity index (χ3n) is 4.22. The highest BCUT2D eigenvalue weighted by atomic mass is 15.1. The number of para-hydroxylation sites is 2. The van der Waals surface area contributed by atoms with Gasteiger partial charge < -0.3 is 9.88 Å². The van der Waals surface area contributed by atoms with Gasteiger partial charge in [-0.15, -0.1) is 0 Å². The van der Waals surface area contributed by atoms with Gasteiger partial charge in [0, 0.05) is 13.5 Å². The fourth-order valence-electron chi connectivity index (χ4n) is 2.67. The Bertz CT molecular complexity index is 526. The molecule has 0 aliphatic heterocycles. The molecule has 0 unspecified atom stereocenters. The average molecular weight is 273 g/mol. The zero-order valence-corrected chi connectivity index (χ0v) is 13.0. The zero-order valence-electron chi connectivity index (χ0n) is 13.0. The molecule has 3 nitrogen and oxygen atoms in total. The van der Waals surface area contributed by atoms with Crippen molar-refractivity contribution in [3.05, 3.63) is 30.1 Å². The lowest BCUT2D eigenvalue weighted by atomic mass is 10.0. The predicted octanol–water partition coefficient (Wildman–Crippen LogP) is 3.53. The third-order valence-corrected chi connectivity index (χ3v) is 4.22. The minimum atomic E-state index is 0.825. The Balaban J connectivity index is 1.80. The minimum absolute atomic E-state index is 0.825. The van der Waals surface area contributed by atoms with Crippen molar-refractivity contribution in [3.63, 3.8) is 0 Å². The number of rotatable bonds is 8. The summed E-state index contributed by atoms with van der Waals surface area (Å²) < 4.78 is 2.22. The van der Waals surface area contributed by atoms with Crippen molar-refractivity contribution in [2.45, 2.75) is 39.5 Å². The van der Waals surface area contributed by atoms with Gasteiger partial charge in [-0.25, -0.2) is 4.98 Å². The van der Waals surface area contributed by atoms with E-state index in [1.807, 2.05) is 0 Å². The van der Waals surface area contributed by atoms with E-state index >= 15 is 0 Å². The summed E-state index contributed by atoms with van der Waals surface area (Å²) in [4.78, 5) is 4.71. The van der Waals surface area contributed by atoms with Gasteiger partial charge in [0.25, 0.3) is 0 Å². The number of aryl methyl sites for hydroxylation is 2. The number of hydrogen-bond acceptors (Lipinski definition) is 2. The molecule has 0 aliphatic carbocycles. The number of nitrogens with zero attached hydrogens (tertiary/aromatic N) is 2. The normalized spacial score (nSPS) is 11.6. The van der Waals surface area contributed by atoms with Gasteiger partial charge in [0.1, 0.15) is 5.82 Å². The second kappa shape index (κ2) is 7.44. The summed E-state index contributed by atoms with van der Waals surface area (Å²) in [5.41, 5.74) is 2.34. The van der Waals surface area contributed by atoms with Crippen molar-refractivity contribution in [3.8, 4) is 0 Å². The predicted molar refractivity (Wildman–Crippen MR) is 86.0 cm³/mol. The molecule has 0 radical (unpaired) electrons. The van der Waals surface area contributed by atoms with Crippen molar-refractivity contribution in [2.75, 3.05) is 13.1 Å². The van der Waals surface area contributed by atoms with Crippen molar-refractivity contribution in [1.29, 1.82) is 0 Å². The van der Waals surface area contributed by atoms with Crippen LogP contribution in [-0.4, -0.2) is 22.6 Å². The lowest BCUT2D eigenvalue weighted by Crippen LogP contribution is -2.23. The van der Waals surface area contributed by atoms with Crippen LogP contribution in [0.4, 0.5) is 0 Å². The molecule has 0 atom stereocenters. The number of imidazole rings is 1. The van der Waals surface area contributed by atoms with Gasteiger partial charge in [-0.05, 0) is 37.6 Å². The second-order valence-electron chi connectivity index (χ2n) is 5.57. The number of hydrogen-bond donors (Lipinski definition) is 1. The summed E-state index contributed by atoms with van der Waals surface area (Å²) in [5.74, 6) is 2.02. The lowest BCUT2D eigenvalue weighted by molar-refractivity contribution is 0.447. The van der Waals surface area contributed by atoms with Crippen LogP contribution in [0.5, 0.6) is 0 Å². The van der Waals surface area contributed by atoms with E-state index in [0.717, 1.165) is 37.4 Å². The van der Waals surface area contributed by atoms with Crippen molar-refractivity contribution in [2.24, 2.45) is 13.0 Å². The largest absolute Gasteiger partial charge is 0.331 e. The first-order valence-corrected chi connectivity index (χ1v) is 7.87. The minimum Gasteiger partial charge on any atom is -0.331 e. The molecule has 1 aromatic heterocycles. The summed E-state index contributed by atoms with van der Waals surface area (Å²) in [6.45, 7) is 6.78. The van der Waals surface area contributed by atoms with Gasteiger partial charge in [-0.2, -0.15) is 0 Å². The maximum Gasteiger partial charge on any atom is 0.109 e. The quantitative estimate of drug-likeness (QED) is 0.746. The monoisotopic (exact) mass is 273 g/mol. The number of nitrogens with one attached hydrogen (secondary N) is 1. The fourth-order valence-corrected chi connectivity index (χ4v) is 2.67. The molecular weight excluding hydrogens is 246 g/mol. The Hall–Kier alpha value is -1.35. The van der Waals surface area contributed by atoms with Gasteiger partial charge in [-0.3, -0.25) is 0 Å². The molecule has 0 saturated carbocycles. The Kier molecular flexibility index (Phi) is 5.60. The molecule has 2 aromatic rings. The van der Waals surface area contributed by atoms with Gasteiger partial charge in [-0.1, -0.05) is 38.8 Å². The lowest BCUT2D eigenvalue weighted by Gasteiger charge is -2.12. The summed E-state index contributed by atoms with van der Waals surface area (Å²) in [5, 5.41) is 3.57. The molecule has 0 saturated heterocycles. The maximum atomic E-state index is 4.71. The van der Waals surface area contributed by atoms with Crippen LogP contribution in [-0.2, 0) is 13.5 Å². The van der Waals surface area contributed by atoms with E-state index < -0.39 is 0 Å². The average Bonchev–Trinajstić information content (AvgIpc) is 2.80. The van der Waals surface area contributed by atoms with E-state index in [1.165, 1.54) is 24.2 Å². The Labute approximate surface area is 122 Å². The third kappa shape index (κ3) is 3.60. The first kappa shape index (κ1) is 15.0. The first-order chi connectivity index (χ1) is 9.76. The summed E-state index contributed by atoms with van der Waals surface area (Å²) >= 11 is 0. The molecule has 2 rings (SSSR count). The second-order valence-corrected chi connectivity index (χ2v) is 5.57. The number of benzene rings is 1. The molecule has 3 heteroatoms. The SMILES string of the molecule is CCC(CC)CNCCCc1nc2ccccc2n1C. The summed E-state index contributed by atoms with van der Waals surface area (Å²) in [6.07, 6.45) is 4.74. The van der Waals surface area contributed by atoms with Gasteiger partial charge in [0.2, 0.25) is 0 Å². The van der Waals surface area contributed by atoms with Crippen LogP contribution in [0.3, 0.4) is 0 Å². The maximum absolute atomic E-state index is 4.71. The van der Waals surface area contributed by atoms with Crippen molar-refractivity contribution in [1.82, 2.24) is 14.9 Å². The molecule has 20 heavy (non-hydrogen) atoms. The van der Waals surface area contributed by atoms with Gasteiger partial charge in [0.15, 0.2) is 0 Å². The van der Waals surface area contributed by atoms with E-state index in [0.29, 0.717) is 0 Å². The highest BCUT2D eigenvalue weighted by Gasteiger charge is 2.06. The van der Waals surface area contributed by atoms with Crippen LogP contribution in [0, 0.1) is 5.92 Å². The van der Waals surface area contributed by atoms with Crippen molar-refractivity contribution < 1.29 is 0 Å². The van der Waals surface area contributed by atoms with Crippen LogP contribution in [0.1, 0.15) is 38.9 Å². The highest BCUT2D eigenvalue weighted by molar-refractivity contribution is 5.75. The van der Waals surface area contributed by atoms with Crippen LogP contribution < -0.4 is 5.32 Å². The van der Waals surface area contributed by atoms with Gasteiger partial charge in [0.05, 0.1) is 11.0 Å².